The number of hydrogen-bond donors (Lipinski definition) is 2. The number of amides is 1. The lowest BCUT2D eigenvalue weighted by Crippen LogP contribution is -2.36. The molecule has 7 heteroatoms. The molecule has 0 saturated carbocycles. The van der Waals surface area contributed by atoms with Crippen molar-refractivity contribution in [2.24, 2.45) is 0 Å². The molecule has 2 aromatic rings. The Morgan fingerprint density at radius 3 is 2.59 bits per heavy atom. The molecule has 0 unspecified atom stereocenters. The molecule has 0 atom stereocenters. The molecule has 1 aromatic carbocycles. The van der Waals surface area contributed by atoms with Gasteiger partial charge in [0.2, 0.25) is 0 Å². The van der Waals surface area contributed by atoms with E-state index in [0.29, 0.717) is 16.3 Å². The SMILES string of the molecule is Cc1c(C(=O)N(CCO)CCO)cnn1-c1cccc(Cl)c1. The highest BCUT2D eigenvalue weighted by Crippen LogP contribution is 2.18. The predicted molar refractivity (Wildman–Crippen MR) is 83.4 cm³/mol. The molecule has 2 N–H and O–H groups in total. The van der Waals surface area contributed by atoms with E-state index in [0.717, 1.165) is 5.69 Å². The number of halogens is 1. The zero-order valence-corrected chi connectivity index (χ0v) is 13.0. The van der Waals surface area contributed by atoms with Gasteiger partial charge in [-0.2, -0.15) is 5.10 Å². The zero-order valence-electron chi connectivity index (χ0n) is 12.2. The first-order valence-corrected chi connectivity index (χ1v) is 7.28. The fraction of sp³-hybridized carbons (Fsp3) is 0.333. The number of hydrogen-bond acceptors (Lipinski definition) is 4. The van der Waals surface area contributed by atoms with Gasteiger partial charge in [0.15, 0.2) is 0 Å². The largest absolute Gasteiger partial charge is 0.395 e. The van der Waals surface area contributed by atoms with E-state index in [9.17, 15) is 4.79 Å². The van der Waals surface area contributed by atoms with Gasteiger partial charge in [-0.15, -0.1) is 0 Å². The maximum Gasteiger partial charge on any atom is 0.257 e. The Balaban J connectivity index is 2.32. The predicted octanol–water partition coefficient (Wildman–Crippen LogP) is 1.26. The highest BCUT2D eigenvalue weighted by atomic mass is 35.5. The van der Waals surface area contributed by atoms with E-state index in [4.69, 9.17) is 21.8 Å². The van der Waals surface area contributed by atoms with Crippen LogP contribution in [-0.2, 0) is 0 Å². The van der Waals surface area contributed by atoms with Crippen LogP contribution < -0.4 is 0 Å². The Morgan fingerprint density at radius 1 is 1.32 bits per heavy atom. The number of nitrogens with zero attached hydrogens (tertiary/aromatic N) is 3. The maximum absolute atomic E-state index is 12.5. The van der Waals surface area contributed by atoms with Crippen LogP contribution in [0, 0.1) is 6.92 Å². The molecular formula is C15H18ClN3O3. The lowest BCUT2D eigenvalue weighted by Gasteiger charge is -2.20. The number of aliphatic hydroxyl groups is 2. The molecule has 1 amide bonds. The van der Waals surface area contributed by atoms with Crippen molar-refractivity contribution in [2.45, 2.75) is 6.92 Å². The second-order valence-corrected chi connectivity index (χ2v) is 5.21. The Hall–Kier alpha value is -1.89. The summed E-state index contributed by atoms with van der Waals surface area (Å²) in [6.07, 6.45) is 1.49. The minimum Gasteiger partial charge on any atom is -0.395 e. The second-order valence-electron chi connectivity index (χ2n) is 4.77. The molecule has 0 radical (unpaired) electrons. The molecule has 0 aliphatic carbocycles. The fourth-order valence-electron chi connectivity index (χ4n) is 2.21. The number of aliphatic hydroxyl groups excluding tert-OH is 2. The summed E-state index contributed by atoms with van der Waals surface area (Å²) in [6, 6.07) is 7.18. The average molecular weight is 324 g/mol. The molecule has 118 valence electrons. The minimum absolute atomic E-state index is 0.160. The van der Waals surface area contributed by atoms with Gasteiger partial charge >= 0.3 is 0 Å². The third kappa shape index (κ3) is 3.47. The second kappa shape index (κ2) is 7.40. The number of benzene rings is 1. The third-order valence-electron chi connectivity index (χ3n) is 3.32. The van der Waals surface area contributed by atoms with Gasteiger partial charge in [-0.1, -0.05) is 17.7 Å². The molecule has 6 nitrogen and oxygen atoms in total. The Kier molecular flexibility index (Phi) is 5.54. The number of aromatic nitrogens is 2. The molecule has 1 heterocycles. The molecule has 1 aromatic heterocycles. The molecule has 0 bridgehead atoms. The van der Waals surface area contributed by atoms with Crippen molar-refractivity contribution in [3.05, 3.63) is 46.7 Å². The van der Waals surface area contributed by atoms with Crippen LogP contribution in [0.1, 0.15) is 16.1 Å². The van der Waals surface area contributed by atoms with Gasteiger partial charge in [-0.3, -0.25) is 4.79 Å². The van der Waals surface area contributed by atoms with Gasteiger partial charge in [0, 0.05) is 18.1 Å². The summed E-state index contributed by atoms with van der Waals surface area (Å²) < 4.78 is 1.63. The normalized spacial score (nSPS) is 10.7. The quantitative estimate of drug-likeness (QED) is 0.839. The van der Waals surface area contributed by atoms with Crippen molar-refractivity contribution < 1.29 is 15.0 Å². The van der Waals surface area contributed by atoms with Crippen LogP contribution in [-0.4, -0.2) is 57.1 Å². The van der Waals surface area contributed by atoms with Crippen molar-refractivity contribution in [2.75, 3.05) is 26.3 Å². The summed E-state index contributed by atoms with van der Waals surface area (Å²) in [5.74, 6) is -0.270. The number of rotatable bonds is 6. The molecule has 0 saturated heterocycles. The number of carbonyl (C=O) groups is 1. The van der Waals surface area contributed by atoms with Crippen LogP contribution in [0.3, 0.4) is 0 Å². The van der Waals surface area contributed by atoms with E-state index in [-0.39, 0.29) is 32.2 Å². The van der Waals surface area contributed by atoms with E-state index in [1.54, 1.807) is 23.7 Å². The maximum atomic E-state index is 12.5. The van der Waals surface area contributed by atoms with Gasteiger partial charge in [0.1, 0.15) is 0 Å². The van der Waals surface area contributed by atoms with Crippen LogP contribution >= 0.6 is 11.6 Å². The van der Waals surface area contributed by atoms with Gasteiger partial charge in [0.05, 0.1) is 36.4 Å². The summed E-state index contributed by atoms with van der Waals surface area (Å²) in [4.78, 5) is 13.9. The molecule has 2 rings (SSSR count). The van der Waals surface area contributed by atoms with Gasteiger partial charge in [-0.25, -0.2) is 4.68 Å². The smallest absolute Gasteiger partial charge is 0.257 e. The molecular weight excluding hydrogens is 306 g/mol. The third-order valence-corrected chi connectivity index (χ3v) is 3.56. The first-order valence-electron chi connectivity index (χ1n) is 6.90. The Bertz CT molecular complexity index is 651. The molecule has 0 fully saturated rings. The lowest BCUT2D eigenvalue weighted by atomic mass is 10.2. The first kappa shape index (κ1) is 16.5. The monoisotopic (exact) mass is 323 g/mol. The van der Waals surface area contributed by atoms with E-state index in [1.807, 2.05) is 12.1 Å². The highest BCUT2D eigenvalue weighted by Gasteiger charge is 2.20. The van der Waals surface area contributed by atoms with Crippen molar-refractivity contribution in [1.82, 2.24) is 14.7 Å². The summed E-state index contributed by atoms with van der Waals surface area (Å²) in [6.45, 7) is 1.81. The van der Waals surface area contributed by atoms with E-state index >= 15 is 0 Å². The molecule has 0 aliphatic heterocycles. The van der Waals surface area contributed by atoms with Crippen LogP contribution in [0.2, 0.25) is 5.02 Å². The average Bonchev–Trinajstić information content (AvgIpc) is 2.88. The van der Waals surface area contributed by atoms with E-state index < -0.39 is 0 Å². The van der Waals surface area contributed by atoms with Crippen LogP contribution in [0.15, 0.2) is 30.5 Å². The Labute approximate surface area is 133 Å². The lowest BCUT2D eigenvalue weighted by molar-refractivity contribution is 0.0684. The Morgan fingerprint density at radius 2 is 2.00 bits per heavy atom. The number of carbonyl (C=O) groups excluding carboxylic acids is 1. The van der Waals surface area contributed by atoms with Crippen molar-refractivity contribution in [3.8, 4) is 5.69 Å². The molecule has 0 aliphatic rings. The topological polar surface area (TPSA) is 78.6 Å². The summed E-state index contributed by atoms with van der Waals surface area (Å²) in [5, 5.41) is 22.9. The van der Waals surface area contributed by atoms with Gasteiger partial charge < -0.3 is 15.1 Å². The molecule has 22 heavy (non-hydrogen) atoms. The van der Waals surface area contributed by atoms with Gasteiger partial charge in [0.25, 0.3) is 5.91 Å². The van der Waals surface area contributed by atoms with Crippen molar-refractivity contribution in [1.29, 1.82) is 0 Å². The summed E-state index contributed by atoms with van der Waals surface area (Å²) in [5.41, 5.74) is 1.87. The highest BCUT2D eigenvalue weighted by molar-refractivity contribution is 6.30. The van der Waals surface area contributed by atoms with Crippen molar-refractivity contribution >= 4 is 17.5 Å². The standard InChI is InChI=1S/C15H18ClN3O3/c1-11-14(15(22)18(5-7-20)6-8-21)10-17-19(11)13-4-2-3-12(16)9-13/h2-4,9-10,20-21H,5-8H2,1H3. The zero-order chi connectivity index (χ0) is 16.1. The molecule has 0 spiro atoms. The van der Waals surface area contributed by atoms with E-state index in [2.05, 4.69) is 5.10 Å². The minimum atomic E-state index is -0.270. The van der Waals surface area contributed by atoms with Crippen LogP contribution in [0.25, 0.3) is 5.69 Å². The summed E-state index contributed by atoms with van der Waals surface area (Å²) >= 11 is 5.98. The van der Waals surface area contributed by atoms with Crippen LogP contribution in [0.4, 0.5) is 0 Å². The fourth-order valence-corrected chi connectivity index (χ4v) is 2.40. The van der Waals surface area contributed by atoms with E-state index in [1.165, 1.54) is 11.1 Å². The first-order chi connectivity index (χ1) is 10.6. The van der Waals surface area contributed by atoms with Crippen molar-refractivity contribution in [3.63, 3.8) is 0 Å². The van der Waals surface area contributed by atoms with Gasteiger partial charge in [-0.05, 0) is 25.1 Å². The van der Waals surface area contributed by atoms with Crippen LogP contribution in [0.5, 0.6) is 0 Å². The summed E-state index contributed by atoms with van der Waals surface area (Å²) in [7, 11) is 0.